The van der Waals surface area contributed by atoms with Crippen molar-refractivity contribution in [3.05, 3.63) is 152 Å². The van der Waals surface area contributed by atoms with Crippen LogP contribution in [0.25, 0.3) is 12.2 Å². The highest BCUT2D eigenvalue weighted by Gasteiger charge is 2.70. The molecule has 2 heterocycles. The zero-order valence-corrected chi connectivity index (χ0v) is 37.2. The minimum absolute atomic E-state index is 0.104. The number of aromatic hydroxyl groups is 1. The number of imide groups is 2. The molecule has 0 radical (unpaired) electrons. The number of hydrogen-bond acceptors (Lipinski definition) is 9. The van der Waals surface area contributed by atoms with Gasteiger partial charge < -0.3 is 19.3 Å². The molecule has 3 fully saturated rings. The van der Waals surface area contributed by atoms with E-state index in [9.17, 15) is 14.7 Å². The number of phenolic OH excluding ortho intramolecular Hbond substituents is 1. The number of halogens is 2. The Balaban J connectivity index is 1.13. The standard InChI is InChI=1S/C51H45Cl2N3O8/c1-27-22-31(23-28(2)46(27)57)45-37-18-19-38-44(49(60)55(47(38)58)34-13-7-29(8-14-34)6-9-30-24-36(63-4)17-21-43(30)64-5)39(37)26-40-48(59)56(54-42-20-12-33(52)25-41(42)53)50(61)51(40,45)32-10-15-35(62-3)16-11-32/h6-18,20-25,38-40,44-45,54,57H,19,26H2,1-5H3/t38-,39+,40-,44-,45-,51+/m0/s1. The molecule has 9 rings (SSSR count). The molecular formula is C51H45Cl2N3O8. The molecule has 326 valence electrons. The number of nitrogens with zero attached hydrogens (tertiary/aromatic N) is 2. The summed E-state index contributed by atoms with van der Waals surface area (Å²) in [7, 11) is 4.75. The van der Waals surface area contributed by atoms with Crippen LogP contribution < -0.4 is 24.5 Å². The monoisotopic (exact) mass is 897 g/mol. The van der Waals surface area contributed by atoms with Gasteiger partial charge in [-0.3, -0.25) is 29.5 Å². The second kappa shape index (κ2) is 16.5. The lowest BCUT2D eigenvalue weighted by molar-refractivity contribution is -0.138. The summed E-state index contributed by atoms with van der Waals surface area (Å²) in [5.74, 6) is -3.52. The maximum atomic E-state index is 15.6. The van der Waals surface area contributed by atoms with Crippen LogP contribution in [0.1, 0.15) is 52.1 Å². The van der Waals surface area contributed by atoms with E-state index < -0.39 is 46.8 Å². The average Bonchev–Trinajstić information content (AvgIpc) is 3.68. The van der Waals surface area contributed by atoms with Gasteiger partial charge in [-0.1, -0.05) is 83.4 Å². The predicted octanol–water partition coefficient (Wildman–Crippen LogP) is 9.70. The first-order chi connectivity index (χ1) is 30.8. The fourth-order valence-corrected chi connectivity index (χ4v) is 11.0. The minimum atomic E-state index is -1.54. The van der Waals surface area contributed by atoms with Crippen LogP contribution in [0.4, 0.5) is 11.4 Å². The van der Waals surface area contributed by atoms with Gasteiger partial charge >= 0.3 is 0 Å². The van der Waals surface area contributed by atoms with Gasteiger partial charge in [-0.25, -0.2) is 0 Å². The molecular weight excluding hydrogens is 853 g/mol. The SMILES string of the molecule is COc1ccc([C@@]23C(=O)N(Nc4ccc(Cl)cc4Cl)C(=O)[C@@H]2C[C@@H]2C(=CC[C@@H]4C(=O)N(c5ccc(C=Cc6cc(OC)ccc6OC)cc5)C(=O)[C@@H]42)[C@@H]3c2cc(C)c(O)c(C)c2)cc1. The third kappa shape index (κ3) is 6.80. The van der Waals surface area contributed by atoms with Crippen LogP contribution >= 0.6 is 23.2 Å². The van der Waals surface area contributed by atoms with Gasteiger partial charge in [0.15, 0.2) is 0 Å². The highest BCUT2D eigenvalue weighted by atomic mass is 35.5. The molecule has 2 saturated heterocycles. The number of ether oxygens (including phenoxy) is 3. The lowest BCUT2D eigenvalue weighted by Gasteiger charge is -2.50. The predicted molar refractivity (Wildman–Crippen MR) is 246 cm³/mol. The van der Waals surface area contributed by atoms with Crippen LogP contribution in [0.5, 0.6) is 23.0 Å². The van der Waals surface area contributed by atoms with Crippen molar-refractivity contribution in [3.63, 3.8) is 0 Å². The number of benzene rings is 5. The highest BCUT2D eigenvalue weighted by molar-refractivity contribution is 6.36. The van der Waals surface area contributed by atoms with Crippen LogP contribution in [0, 0.1) is 37.5 Å². The second-order valence-corrected chi connectivity index (χ2v) is 17.6. The molecule has 6 atom stereocenters. The zero-order valence-electron chi connectivity index (χ0n) is 35.7. The van der Waals surface area contributed by atoms with Crippen LogP contribution in [0.3, 0.4) is 0 Å². The Bertz CT molecular complexity index is 2780. The number of phenols is 1. The van der Waals surface area contributed by atoms with Gasteiger partial charge in [0.05, 0.1) is 60.9 Å². The summed E-state index contributed by atoms with van der Waals surface area (Å²) in [6, 6.07) is 28.3. The fraction of sp³-hybridized carbons (Fsp3) is 0.255. The molecule has 5 aromatic carbocycles. The van der Waals surface area contributed by atoms with Crippen molar-refractivity contribution in [1.29, 1.82) is 0 Å². The molecule has 2 aliphatic carbocycles. The van der Waals surface area contributed by atoms with E-state index >= 15 is 9.59 Å². The molecule has 2 aliphatic heterocycles. The number of carbonyl (C=O) groups is 4. The smallest absolute Gasteiger partial charge is 0.260 e. The molecule has 4 aliphatic rings. The number of aryl methyl sites for hydroxylation is 2. The Kier molecular flexibility index (Phi) is 11.0. The van der Waals surface area contributed by atoms with E-state index in [-0.39, 0.29) is 35.4 Å². The van der Waals surface area contributed by atoms with E-state index in [0.29, 0.717) is 55.9 Å². The third-order valence-corrected chi connectivity index (χ3v) is 14.0. The van der Waals surface area contributed by atoms with Crippen molar-refractivity contribution in [1.82, 2.24) is 5.01 Å². The first kappa shape index (κ1) is 42.7. The van der Waals surface area contributed by atoms with E-state index in [1.165, 1.54) is 11.0 Å². The third-order valence-electron chi connectivity index (χ3n) is 13.5. The van der Waals surface area contributed by atoms with Gasteiger partial charge in [0.1, 0.15) is 23.0 Å². The number of nitrogens with one attached hydrogen (secondary N) is 1. The fourth-order valence-electron chi connectivity index (χ4n) is 10.5. The quantitative estimate of drug-likeness (QED) is 0.0799. The van der Waals surface area contributed by atoms with Gasteiger partial charge in [-0.2, -0.15) is 5.01 Å². The van der Waals surface area contributed by atoms with Gasteiger partial charge in [0.2, 0.25) is 11.8 Å². The van der Waals surface area contributed by atoms with E-state index in [0.717, 1.165) is 21.7 Å². The van der Waals surface area contributed by atoms with E-state index in [1.54, 1.807) is 71.6 Å². The first-order valence-corrected chi connectivity index (χ1v) is 21.7. The van der Waals surface area contributed by atoms with Crippen LogP contribution in [-0.2, 0) is 24.6 Å². The number of allylic oxidation sites excluding steroid dienone is 2. The first-order valence-electron chi connectivity index (χ1n) is 20.9. The summed E-state index contributed by atoms with van der Waals surface area (Å²) in [5, 5.41) is 12.6. The van der Waals surface area contributed by atoms with Gasteiger partial charge in [0, 0.05) is 16.5 Å². The summed E-state index contributed by atoms with van der Waals surface area (Å²) in [4.78, 5) is 61.5. The van der Waals surface area contributed by atoms with Gasteiger partial charge in [0.25, 0.3) is 11.8 Å². The van der Waals surface area contributed by atoms with E-state index in [2.05, 4.69) is 5.43 Å². The van der Waals surface area contributed by atoms with Crippen LogP contribution in [-0.4, -0.2) is 55.1 Å². The van der Waals surface area contributed by atoms with E-state index in [4.69, 9.17) is 37.4 Å². The molecule has 1 saturated carbocycles. The Morgan fingerprint density at radius 3 is 2.09 bits per heavy atom. The number of methoxy groups -OCH3 is 3. The molecule has 64 heavy (non-hydrogen) atoms. The molecule has 13 heteroatoms. The van der Waals surface area contributed by atoms with Crippen molar-refractivity contribution in [2.75, 3.05) is 31.7 Å². The van der Waals surface area contributed by atoms with Crippen molar-refractivity contribution >= 4 is 70.4 Å². The molecule has 11 nitrogen and oxygen atoms in total. The second-order valence-electron chi connectivity index (χ2n) is 16.8. The van der Waals surface area contributed by atoms with Crippen molar-refractivity contribution in [3.8, 4) is 23.0 Å². The maximum absolute atomic E-state index is 15.6. The van der Waals surface area contributed by atoms with E-state index in [1.807, 2.05) is 72.8 Å². The number of amides is 4. The Labute approximate surface area is 380 Å². The molecule has 4 amide bonds. The van der Waals surface area contributed by atoms with Crippen LogP contribution in [0.15, 0.2) is 109 Å². The number of anilines is 2. The topological polar surface area (TPSA) is 135 Å². The summed E-state index contributed by atoms with van der Waals surface area (Å²) < 4.78 is 16.4. The summed E-state index contributed by atoms with van der Waals surface area (Å²) in [6.45, 7) is 3.58. The zero-order chi connectivity index (χ0) is 45.2. The molecule has 0 aromatic heterocycles. The molecule has 5 aromatic rings. The Morgan fingerprint density at radius 2 is 1.44 bits per heavy atom. The highest BCUT2D eigenvalue weighted by Crippen LogP contribution is 2.64. The number of hydrogen-bond donors (Lipinski definition) is 2. The molecule has 2 N–H and O–H groups in total. The number of hydrazine groups is 1. The minimum Gasteiger partial charge on any atom is -0.507 e. The lowest BCUT2D eigenvalue weighted by atomic mass is 9.49. The summed E-state index contributed by atoms with van der Waals surface area (Å²) in [6.07, 6.45) is 6.18. The summed E-state index contributed by atoms with van der Waals surface area (Å²) >= 11 is 12.8. The molecule has 0 bridgehead atoms. The van der Waals surface area contributed by atoms with Crippen LogP contribution in [0.2, 0.25) is 10.0 Å². The lowest BCUT2D eigenvalue weighted by Crippen LogP contribution is -2.53. The normalized spacial score (nSPS) is 23.8. The number of carbonyl (C=O) groups excluding carboxylic acids is 4. The average molecular weight is 899 g/mol. The summed E-state index contributed by atoms with van der Waals surface area (Å²) in [5.41, 5.74) is 7.13. The van der Waals surface area contributed by atoms with Gasteiger partial charge in [-0.15, -0.1) is 0 Å². The Morgan fingerprint density at radius 1 is 0.750 bits per heavy atom. The number of fused-ring (bicyclic) bond motifs is 4. The molecule has 0 unspecified atom stereocenters. The van der Waals surface area contributed by atoms with Crippen molar-refractivity contribution < 1.29 is 38.5 Å². The van der Waals surface area contributed by atoms with Crippen molar-refractivity contribution in [2.24, 2.45) is 23.7 Å². The van der Waals surface area contributed by atoms with Crippen molar-refractivity contribution in [2.45, 2.75) is 38.0 Å². The largest absolute Gasteiger partial charge is 0.507 e. The number of rotatable bonds is 10. The molecule has 0 spiro atoms. The van der Waals surface area contributed by atoms with Gasteiger partial charge in [-0.05, 0) is 121 Å². The maximum Gasteiger partial charge on any atom is 0.260 e. The Hall–Kier alpha value is -6.56.